The number of rotatable bonds is 2. The Labute approximate surface area is 111 Å². The smallest absolute Gasteiger partial charge is 0.325 e. The lowest BCUT2D eigenvalue weighted by molar-refractivity contribution is -0.131. The van der Waals surface area contributed by atoms with Crippen molar-refractivity contribution in [1.82, 2.24) is 10.2 Å². The van der Waals surface area contributed by atoms with Crippen LogP contribution in [0.5, 0.6) is 0 Å². The highest BCUT2D eigenvalue weighted by Gasteiger charge is 2.53. The van der Waals surface area contributed by atoms with Gasteiger partial charge in [-0.3, -0.25) is 9.69 Å². The van der Waals surface area contributed by atoms with E-state index in [0.29, 0.717) is 32.1 Å². The first-order valence-corrected chi connectivity index (χ1v) is 7.66. The molecule has 0 bridgehead atoms. The number of ether oxygens (including phenoxy) is 1. The summed E-state index contributed by atoms with van der Waals surface area (Å²) < 4.78 is 5.27. The summed E-state index contributed by atoms with van der Waals surface area (Å²) in [4.78, 5) is 25.7. The van der Waals surface area contributed by atoms with E-state index in [1.54, 1.807) is 0 Å². The zero-order valence-corrected chi connectivity index (χ0v) is 11.1. The number of urea groups is 1. The second-order valence-corrected chi connectivity index (χ2v) is 6.51. The highest BCUT2D eigenvalue weighted by molar-refractivity contribution is 7.99. The number of hydrogen-bond acceptors (Lipinski definition) is 4. The van der Waals surface area contributed by atoms with Crippen LogP contribution < -0.4 is 5.32 Å². The third-order valence-electron chi connectivity index (χ3n) is 4.05. The van der Waals surface area contributed by atoms with E-state index in [0.717, 1.165) is 24.3 Å². The molecule has 3 saturated heterocycles. The quantitative estimate of drug-likeness (QED) is 0.755. The van der Waals surface area contributed by atoms with Crippen LogP contribution >= 0.6 is 11.8 Å². The van der Waals surface area contributed by atoms with E-state index in [9.17, 15) is 9.59 Å². The van der Waals surface area contributed by atoms with E-state index in [1.165, 1.54) is 4.90 Å². The lowest BCUT2D eigenvalue weighted by Gasteiger charge is -2.25. The van der Waals surface area contributed by atoms with Crippen LogP contribution in [0.1, 0.15) is 19.3 Å². The van der Waals surface area contributed by atoms with Crippen LogP contribution in [0.4, 0.5) is 4.79 Å². The third-order valence-corrected chi connectivity index (χ3v) is 5.10. The molecule has 6 heteroatoms. The summed E-state index contributed by atoms with van der Waals surface area (Å²) in [6.45, 7) is 1.46. The minimum Gasteiger partial charge on any atom is -0.378 e. The Bertz CT molecular complexity index is 362. The molecule has 1 spiro atoms. The first-order valence-electron chi connectivity index (χ1n) is 6.51. The van der Waals surface area contributed by atoms with Crippen LogP contribution in [0.3, 0.4) is 0 Å². The molecule has 0 aromatic heterocycles. The molecule has 3 heterocycles. The van der Waals surface area contributed by atoms with Crippen molar-refractivity contribution in [3.63, 3.8) is 0 Å². The highest BCUT2D eigenvalue weighted by atomic mass is 32.2. The van der Waals surface area contributed by atoms with Crippen LogP contribution in [0, 0.1) is 5.92 Å². The van der Waals surface area contributed by atoms with Gasteiger partial charge in [-0.25, -0.2) is 4.79 Å². The molecule has 100 valence electrons. The molecule has 3 rings (SSSR count). The summed E-state index contributed by atoms with van der Waals surface area (Å²) in [6.07, 6.45) is 2.81. The second kappa shape index (κ2) is 4.74. The largest absolute Gasteiger partial charge is 0.378 e. The molecule has 3 amide bonds. The molecule has 0 saturated carbocycles. The number of carbonyl (C=O) groups is 2. The van der Waals surface area contributed by atoms with Gasteiger partial charge in [-0.2, -0.15) is 11.8 Å². The summed E-state index contributed by atoms with van der Waals surface area (Å²) in [6, 6.07) is -0.233. The number of carbonyl (C=O) groups excluding carboxylic acids is 2. The molecule has 1 unspecified atom stereocenters. The van der Waals surface area contributed by atoms with Gasteiger partial charge < -0.3 is 10.1 Å². The number of imide groups is 1. The molecular formula is C12H18N2O3S. The standard InChI is InChI=1S/C12H18N2O3S/c15-10-12(3-4-17-8-12)13-11(16)14(10)7-9-1-5-18-6-2-9/h9H,1-8H2,(H,13,16). The summed E-state index contributed by atoms with van der Waals surface area (Å²) >= 11 is 1.95. The molecule has 0 aromatic rings. The topological polar surface area (TPSA) is 58.6 Å². The van der Waals surface area contributed by atoms with Gasteiger partial charge in [0.15, 0.2) is 0 Å². The molecule has 0 aliphatic carbocycles. The SMILES string of the molecule is O=C1NC2(CCOC2)C(=O)N1CC1CCSCC1. The van der Waals surface area contributed by atoms with E-state index < -0.39 is 5.54 Å². The van der Waals surface area contributed by atoms with Gasteiger partial charge in [0.1, 0.15) is 5.54 Å². The van der Waals surface area contributed by atoms with E-state index in [1.807, 2.05) is 11.8 Å². The Morgan fingerprint density at radius 1 is 1.39 bits per heavy atom. The molecule has 0 aromatic carbocycles. The third kappa shape index (κ3) is 2.01. The van der Waals surface area contributed by atoms with Crippen molar-refractivity contribution >= 4 is 23.7 Å². The molecule has 3 fully saturated rings. The van der Waals surface area contributed by atoms with E-state index in [2.05, 4.69) is 5.32 Å². The number of hydrogen-bond donors (Lipinski definition) is 1. The van der Waals surface area contributed by atoms with Gasteiger partial charge in [0.05, 0.1) is 6.61 Å². The van der Waals surface area contributed by atoms with Crippen LogP contribution in [0.15, 0.2) is 0 Å². The summed E-state index contributed by atoms with van der Waals surface area (Å²) in [7, 11) is 0. The fourth-order valence-electron chi connectivity index (χ4n) is 2.86. The van der Waals surface area contributed by atoms with Crippen LogP contribution in [0.25, 0.3) is 0 Å². The maximum atomic E-state index is 12.4. The second-order valence-electron chi connectivity index (χ2n) is 5.29. The summed E-state index contributed by atoms with van der Waals surface area (Å²) in [5.74, 6) is 2.67. The van der Waals surface area contributed by atoms with Crippen LogP contribution in [-0.2, 0) is 9.53 Å². The van der Waals surface area contributed by atoms with Crippen molar-refractivity contribution in [3.05, 3.63) is 0 Å². The Balaban J connectivity index is 1.68. The average molecular weight is 270 g/mol. The number of amides is 3. The van der Waals surface area contributed by atoms with Crippen molar-refractivity contribution < 1.29 is 14.3 Å². The van der Waals surface area contributed by atoms with Crippen molar-refractivity contribution in [2.75, 3.05) is 31.3 Å². The van der Waals surface area contributed by atoms with Gasteiger partial charge in [0, 0.05) is 19.6 Å². The average Bonchev–Trinajstić information content (AvgIpc) is 2.93. The normalized spacial score (nSPS) is 33.4. The van der Waals surface area contributed by atoms with Crippen molar-refractivity contribution in [3.8, 4) is 0 Å². The first-order chi connectivity index (χ1) is 8.71. The molecule has 3 aliphatic rings. The Morgan fingerprint density at radius 2 is 2.17 bits per heavy atom. The zero-order valence-electron chi connectivity index (χ0n) is 10.3. The lowest BCUT2D eigenvalue weighted by atomic mass is 9.98. The number of nitrogens with one attached hydrogen (secondary N) is 1. The van der Waals surface area contributed by atoms with Gasteiger partial charge in [0.25, 0.3) is 5.91 Å². The van der Waals surface area contributed by atoms with Gasteiger partial charge >= 0.3 is 6.03 Å². The fourth-order valence-corrected chi connectivity index (χ4v) is 4.07. The van der Waals surface area contributed by atoms with E-state index in [-0.39, 0.29) is 11.9 Å². The summed E-state index contributed by atoms with van der Waals surface area (Å²) in [5, 5.41) is 2.83. The molecular weight excluding hydrogens is 252 g/mol. The molecule has 1 atom stereocenters. The number of nitrogens with zero attached hydrogens (tertiary/aromatic N) is 1. The van der Waals surface area contributed by atoms with Crippen molar-refractivity contribution in [2.45, 2.75) is 24.8 Å². The maximum Gasteiger partial charge on any atom is 0.325 e. The fraction of sp³-hybridized carbons (Fsp3) is 0.833. The molecule has 3 aliphatic heterocycles. The maximum absolute atomic E-state index is 12.4. The van der Waals surface area contributed by atoms with Crippen molar-refractivity contribution in [2.24, 2.45) is 5.92 Å². The highest BCUT2D eigenvalue weighted by Crippen LogP contribution is 2.30. The first kappa shape index (κ1) is 12.3. The zero-order chi connectivity index (χ0) is 12.6. The lowest BCUT2D eigenvalue weighted by Crippen LogP contribution is -2.47. The Hall–Kier alpha value is -0.750. The van der Waals surface area contributed by atoms with Gasteiger partial charge in [-0.05, 0) is 30.3 Å². The minimum absolute atomic E-state index is 0.0803. The van der Waals surface area contributed by atoms with Crippen molar-refractivity contribution in [1.29, 1.82) is 0 Å². The van der Waals surface area contributed by atoms with Gasteiger partial charge in [-0.15, -0.1) is 0 Å². The van der Waals surface area contributed by atoms with E-state index >= 15 is 0 Å². The predicted molar refractivity (Wildman–Crippen MR) is 68.5 cm³/mol. The molecule has 18 heavy (non-hydrogen) atoms. The molecule has 5 nitrogen and oxygen atoms in total. The van der Waals surface area contributed by atoms with Crippen LogP contribution in [0.2, 0.25) is 0 Å². The minimum atomic E-state index is -0.750. The molecule has 1 N–H and O–H groups in total. The predicted octanol–water partition coefficient (Wildman–Crippen LogP) is 0.840. The Morgan fingerprint density at radius 3 is 2.83 bits per heavy atom. The van der Waals surface area contributed by atoms with Gasteiger partial charge in [-0.1, -0.05) is 0 Å². The summed E-state index contributed by atoms with van der Waals surface area (Å²) in [5.41, 5.74) is -0.750. The Kier molecular flexibility index (Phi) is 3.23. The van der Waals surface area contributed by atoms with E-state index in [4.69, 9.17) is 4.74 Å². The molecule has 0 radical (unpaired) electrons. The number of thioether (sulfide) groups is 1. The van der Waals surface area contributed by atoms with Gasteiger partial charge in [0.2, 0.25) is 0 Å². The monoisotopic (exact) mass is 270 g/mol. The van der Waals surface area contributed by atoms with Crippen LogP contribution in [-0.4, -0.2) is 53.6 Å².